The Bertz CT molecular complexity index is 491. The molecule has 1 heterocycles. The van der Waals surface area contributed by atoms with Gasteiger partial charge in [-0.15, -0.1) is 11.3 Å². The first-order valence-corrected chi connectivity index (χ1v) is 6.09. The molecule has 0 spiro atoms. The molecule has 5 heteroatoms. The molecule has 0 fully saturated rings. The van der Waals surface area contributed by atoms with Crippen LogP contribution < -0.4 is 0 Å². The van der Waals surface area contributed by atoms with Crippen molar-refractivity contribution in [3.05, 3.63) is 29.3 Å². The number of para-hydroxylation sites is 1. The van der Waals surface area contributed by atoms with Crippen LogP contribution in [0, 0.1) is 0 Å². The monoisotopic (exact) mass is 250 g/mol. The van der Waals surface area contributed by atoms with Gasteiger partial charge in [0.05, 0.1) is 16.8 Å². The van der Waals surface area contributed by atoms with E-state index in [2.05, 4.69) is 4.98 Å². The molecule has 0 aliphatic heterocycles. The van der Waals surface area contributed by atoms with Gasteiger partial charge in [0.1, 0.15) is 11.6 Å². The van der Waals surface area contributed by atoms with E-state index in [1.54, 1.807) is 23.3 Å². The highest BCUT2D eigenvalue weighted by Crippen LogP contribution is 2.22. The molecule has 0 N–H and O–H groups in total. The highest BCUT2D eigenvalue weighted by atomic mass is 32.1. The molecule has 0 unspecified atom stereocenters. The normalized spacial score (nSPS) is 10.7. The van der Waals surface area contributed by atoms with Gasteiger partial charge in [-0.1, -0.05) is 12.1 Å². The summed E-state index contributed by atoms with van der Waals surface area (Å²) in [7, 11) is 3.27. The number of amides is 1. The number of ether oxygens (including phenoxy) is 1. The minimum atomic E-state index is -0.0354. The lowest BCUT2D eigenvalue weighted by Gasteiger charge is -2.14. The molecule has 0 saturated heterocycles. The second kappa shape index (κ2) is 5.25. The Kier molecular flexibility index (Phi) is 3.71. The number of hydrogen-bond acceptors (Lipinski definition) is 4. The van der Waals surface area contributed by atoms with Crippen LogP contribution in [0.4, 0.5) is 0 Å². The Labute approximate surface area is 104 Å². The van der Waals surface area contributed by atoms with Gasteiger partial charge in [-0.3, -0.25) is 4.79 Å². The van der Waals surface area contributed by atoms with Crippen LogP contribution in [0.25, 0.3) is 10.2 Å². The predicted octanol–water partition coefficient (Wildman–Crippen LogP) is 1.90. The molecule has 0 bridgehead atoms. The van der Waals surface area contributed by atoms with Crippen molar-refractivity contribution in [3.8, 4) is 0 Å². The fourth-order valence-electron chi connectivity index (χ4n) is 1.51. The van der Waals surface area contributed by atoms with Gasteiger partial charge in [-0.05, 0) is 12.1 Å². The zero-order chi connectivity index (χ0) is 12.3. The average Bonchev–Trinajstić information content (AvgIpc) is 2.71. The first kappa shape index (κ1) is 12.0. The predicted molar refractivity (Wildman–Crippen MR) is 68.0 cm³/mol. The molecule has 0 radical (unpaired) electrons. The Hall–Kier alpha value is -1.46. The number of thiazole rings is 1. The van der Waals surface area contributed by atoms with E-state index in [4.69, 9.17) is 4.74 Å². The van der Waals surface area contributed by atoms with Gasteiger partial charge >= 0.3 is 0 Å². The number of likely N-dealkylation sites (N-methyl/N-ethyl adjacent to an activating group) is 1. The van der Waals surface area contributed by atoms with Gasteiger partial charge in [0.15, 0.2) is 0 Å². The summed E-state index contributed by atoms with van der Waals surface area (Å²) in [6.45, 7) is 0.642. The molecule has 2 rings (SSSR count). The number of carbonyl (C=O) groups is 1. The molecule has 0 aliphatic carbocycles. The lowest BCUT2D eigenvalue weighted by Crippen LogP contribution is -2.29. The molecule has 4 nitrogen and oxygen atoms in total. The van der Waals surface area contributed by atoms with Crippen molar-refractivity contribution in [1.82, 2.24) is 9.88 Å². The fourth-order valence-corrected chi connectivity index (χ4v) is 2.53. The minimum Gasteiger partial charge on any atom is -0.375 e. The summed E-state index contributed by atoms with van der Waals surface area (Å²) >= 11 is 1.62. The van der Waals surface area contributed by atoms with E-state index < -0.39 is 0 Å². The van der Waals surface area contributed by atoms with Crippen LogP contribution in [0.2, 0.25) is 0 Å². The minimum absolute atomic E-state index is 0.0354. The van der Waals surface area contributed by atoms with Gasteiger partial charge in [0.2, 0.25) is 5.91 Å². The van der Waals surface area contributed by atoms with Crippen LogP contribution in [-0.2, 0) is 16.1 Å². The third kappa shape index (κ3) is 2.81. The number of benzene rings is 1. The van der Waals surface area contributed by atoms with E-state index in [0.717, 1.165) is 15.2 Å². The Morgan fingerprint density at radius 2 is 2.24 bits per heavy atom. The van der Waals surface area contributed by atoms with Gasteiger partial charge in [0, 0.05) is 14.2 Å². The van der Waals surface area contributed by atoms with Gasteiger partial charge in [-0.2, -0.15) is 0 Å². The average molecular weight is 250 g/mol. The van der Waals surface area contributed by atoms with Crippen LogP contribution in [0.1, 0.15) is 5.01 Å². The summed E-state index contributed by atoms with van der Waals surface area (Å²) in [5.74, 6) is -0.0354. The molecule has 1 amide bonds. The number of fused-ring (bicyclic) bond motifs is 1. The van der Waals surface area contributed by atoms with Crippen LogP contribution >= 0.6 is 11.3 Å². The topological polar surface area (TPSA) is 42.4 Å². The molecule has 0 saturated carbocycles. The Balaban J connectivity index is 2.10. The van der Waals surface area contributed by atoms with Gasteiger partial charge in [-0.25, -0.2) is 4.98 Å². The third-order valence-electron chi connectivity index (χ3n) is 2.40. The smallest absolute Gasteiger partial charge is 0.248 e. The van der Waals surface area contributed by atoms with Crippen LogP contribution in [0.15, 0.2) is 24.3 Å². The third-order valence-corrected chi connectivity index (χ3v) is 3.43. The lowest BCUT2D eigenvalue weighted by molar-refractivity contribution is -0.134. The van der Waals surface area contributed by atoms with E-state index in [1.807, 2.05) is 24.3 Å². The number of rotatable bonds is 4. The van der Waals surface area contributed by atoms with E-state index in [0.29, 0.717) is 6.54 Å². The maximum absolute atomic E-state index is 11.5. The lowest BCUT2D eigenvalue weighted by atomic mass is 10.3. The summed E-state index contributed by atoms with van der Waals surface area (Å²) in [4.78, 5) is 17.6. The largest absolute Gasteiger partial charge is 0.375 e. The van der Waals surface area contributed by atoms with Crippen molar-refractivity contribution in [2.75, 3.05) is 20.8 Å². The van der Waals surface area contributed by atoms with E-state index in [-0.39, 0.29) is 12.5 Å². The zero-order valence-corrected chi connectivity index (χ0v) is 10.7. The van der Waals surface area contributed by atoms with E-state index in [1.165, 1.54) is 7.11 Å². The van der Waals surface area contributed by atoms with Crippen molar-refractivity contribution >= 4 is 27.5 Å². The molecule has 1 aromatic heterocycles. The maximum Gasteiger partial charge on any atom is 0.248 e. The molecule has 0 atom stereocenters. The van der Waals surface area contributed by atoms with Crippen LogP contribution in [0.5, 0.6) is 0 Å². The van der Waals surface area contributed by atoms with E-state index in [9.17, 15) is 4.79 Å². The number of carbonyl (C=O) groups excluding carboxylic acids is 1. The summed E-state index contributed by atoms with van der Waals surface area (Å²) in [6, 6.07) is 7.97. The first-order chi connectivity index (χ1) is 8.20. The van der Waals surface area contributed by atoms with E-state index >= 15 is 0 Å². The molecule has 90 valence electrons. The number of methoxy groups -OCH3 is 1. The Morgan fingerprint density at radius 3 is 2.94 bits per heavy atom. The highest BCUT2D eigenvalue weighted by molar-refractivity contribution is 7.18. The standard InChI is InChI=1S/C12H14N2O2S/c1-14(12(15)8-16-2)7-11-13-9-5-3-4-6-10(9)17-11/h3-6H,7-8H2,1-2H3. The van der Waals surface area contributed by atoms with Crippen LogP contribution in [-0.4, -0.2) is 36.6 Å². The summed E-state index contributed by atoms with van der Waals surface area (Å²) in [6.07, 6.45) is 0. The van der Waals surface area contributed by atoms with Crippen LogP contribution in [0.3, 0.4) is 0 Å². The second-order valence-electron chi connectivity index (χ2n) is 3.76. The molecule has 17 heavy (non-hydrogen) atoms. The quantitative estimate of drug-likeness (QED) is 0.832. The number of hydrogen-bond donors (Lipinski definition) is 0. The van der Waals surface area contributed by atoms with Gasteiger partial charge < -0.3 is 9.64 Å². The SMILES string of the molecule is COCC(=O)N(C)Cc1nc2ccccc2s1. The number of aromatic nitrogens is 1. The molecule has 2 aromatic rings. The van der Waals surface area contributed by atoms with Crippen molar-refractivity contribution in [1.29, 1.82) is 0 Å². The van der Waals surface area contributed by atoms with Crippen molar-refractivity contribution in [2.45, 2.75) is 6.54 Å². The fraction of sp³-hybridized carbons (Fsp3) is 0.333. The summed E-state index contributed by atoms with van der Waals surface area (Å²) < 4.78 is 5.96. The van der Waals surface area contributed by atoms with Crippen molar-refractivity contribution < 1.29 is 9.53 Å². The maximum atomic E-state index is 11.5. The molecule has 1 aromatic carbocycles. The number of nitrogens with zero attached hydrogens (tertiary/aromatic N) is 2. The van der Waals surface area contributed by atoms with Crippen molar-refractivity contribution in [2.24, 2.45) is 0 Å². The molecular formula is C12H14N2O2S. The first-order valence-electron chi connectivity index (χ1n) is 5.28. The second-order valence-corrected chi connectivity index (χ2v) is 4.87. The molecule has 0 aliphatic rings. The Morgan fingerprint density at radius 1 is 1.47 bits per heavy atom. The van der Waals surface area contributed by atoms with Crippen molar-refractivity contribution in [3.63, 3.8) is 0 Å². The molecular weight excluding hydrogens is 236 g/mol. The zero-order valence-electron chi connectivity index (χ0n) is 9.84. The summed E-state index contributed by atoms with van der Waals surface area (Å²) in [5, 5.41) is 0.943. The highest BCUT2D eigenvalue weighted by Gasteiger charge is 2.11. The van der Waals surface area contributed by atoms with Gasteiger partial charge in [0.25, 0.3) is 0 Å². The summed E-state index contributed by atoms with van der Waals surface area (Å²) in [5.41, 5.74) is 0.986.